The number of carbonyl (C=O) groups excluding carboxylic acids is 1. The second-order valence-corrected chi connectivity index (χ2v) is 6.50. The van der Waals surface area contributed by atoms with Crippen LogP contribution in [0.2, 0.25) is 0 Å². The van der Waals surface area contributed by atoms with E-state index in [0.717, 1.165) is 5.56 Å². The molecule has 0 bridgehead atoms. The summed E-state index contributed by atoms with van der Waals surface area (Å²) >= 11 is 6.74. The molecule has 4 nitrogen and oxygen atoms in total. The zero-order valence-electron chi connectivity index (χ0n) is 11.1. The number of Topliss-reactive ketones (excluding diaryl/α,β-unsaturated/α-hetero) is 1. The zero-order chi connectivity index (χ0) is 16.3. The van der Waals surface area contributed by atoms with Gasteiger partial charge in [-0.15, -0.1) is 0 Å². The first kappa shape index (κ1) is 16.8. The number of nitrogens with zero attached hydrogens (tertiary/aromatic N) is 1. The molecule has 0 amide bonds. The molecule has 0 radical (unpaired) electrons. The third kappa shape index (κ3) is 3.78. The van der Waals surface area contributed by atoms with Crippen LogP contribution in [0.15, 0.2) is 48.5 Å². The van der Waals surface area contributed by atoms with E-state index in [2.05, 4.69) is 31.9 Å². The maximum atomic E-state index is 12.9. The van der Waals surface area contributed by atoms with Crippen LogP contribution in [-0.2, 0) is 0 Å². The van der Waals surface area contributed by atoms with Gasteiger partial charge in [-0.2, -0.15) is 0 Å². The Morgan fingerprint density at radius 2 is 1.59 bits per heavy atom. The maximum absolute atomic E-state index is 12.9. The van der Waals surface area contributed by atoms with Crippen molar-refractivity contribution in [1.29, 1.82) is 0 Å². The largest absolute Gasteiger partial charge is 0.293 e. The van der Waals surface area contributed by atoms with E-state index < -0.39 is 15.6 Å². The number of halogens is 3. The average molecular weight is 431 g/mol. The molecule has 0 saturated heterocycles. The minimum Gasteiger partial charge on any atom is -0.293 e. The summed E-state index contributed by atoms with van der Waals surface area (Å²) in [6.45, 7) is 0. The predicted octanol–water partition coefficient (Wildman–Crippen LogP) is 4.82. The highest BCUT2D eigenvalue weighted by Gasteiger charge is 2.26. The van der Waals surface area contributed by atoms with Crippen LogP contribution < -0.4 is 0 Å². The Kier molecular flexibility index (Phi) is 5.42. The summed E-state index contributed by atoms with van der Waals surface area (Å²) < 4.78 is 12.9. The lowest BCUT2D eigenvalue weighted by Gasteiger charge is -2.16. The Balaban J connectivity index is 2.17. The summed E-state index contributed by atoms with van der Waals surface area (Å²) in [6, 6.07) is 11.2. The van der Waals surface area contributed by atoms with E-state index in [-0.39, 0.29) is 16.3 Å². The van der Waals surface area contributed by atoms with Gasteiger partial charge < -0.3 is 0 Å². The van der Waals surface area contributed by atoms with E-state index in [1.165, 1.54) is 36.4 Å². The molecule has 0 aliphatic heterocycles. The van der Waals surface area contributed by atoms with Crippen LogP contribution in [-0.4, -0.2) is 15.5 Å². The molecule has 0 saturated carbocycles. The molecular weight excluding hydrogens is 421 g/mol. The molecule has 0 heterocycles. The monoisotopic (exact) mass is 429 g/mol. The smallest absolute Gasteiger partial charge is 0.269 e. The van der Waals surface area contributed by atoms with Gasteiger partial charge >= 0.3 is 0 Å². The second kappa shape index (κ2) is 7.11. The quantitative estimate of drug-likeness (QED) is 0.296. The van der Waals surface area contributed by atoms with E-state index >= 15 is 0 Å². The highest BCUT2D eigenvalue weighted by Crippen LogP contribution is 2.34. The van der Waals surface area contributed by atoms with Crippen molar-refractivity contribution in [1.82, 2.24) is 0 Å². The Morgan fingerprint density at radius 3 is 2.09 bits per heavy atom. The molecular formula is C15H10Br2FNO3. The van der Waals surface area contributed by atoms with Crippen LogP contribution in [0.25, 0.3) is 0 Å². The van der Waals surface area contributed by atoms with Gasteiger partial charge in [-0.25, -0.2) is 4.39 Å². The molecule has 22 heavy (non-hydrogen) atoms. The summed E-state index contributed by atoms with van der Waals surface area (Å²) in [4.78, 5) is 21.5. The molecule has 2 aromatic carbocycles. The lowest BCUT2D eigenvalue weighted by molar-refractivity contribution is -0.384. The van der Waals surface area contributed by atoms with E-state index in [1.807, 2.05) is 0 Å². The molecule has 0 unspecified atom stereocenters. The number of carbonyl (C=O) groups is 1. The molecule has 0 spiro atoms. The first-order valence-corrected chi connectivity index (χ1v) is 8.05. The molecule has 0 N–H and O–H groups in total. The summed E-state index contributed by atoms with van der Waals surface area (Å²) in [7, 11) is 0. The highest BCUT2D eigenvalue weighted by molar-refractivity contribution is 9.12. The number of nitro benzene ring substituents is 1. The number of nitro groups is 1. The van der Waals surface area contributed by atoms with Crippen LogP contribution in [0.5, 0.6) is 0 Å². The van der Waals surface area contributed by atoms with Crippen LogP contribution in [0, 0.1) is 15.9 Å². The fourth-order valence-corrected chi connectivity index (χ4v) is 2.97. The van der Waals surface area contributed by atoms with Gasteiger partial charge in [-0.3, -0.25) is 14.9 Å². The molecule has 0 aliphatic rings. The van der Waals surface area contributed by atoms with Crippen molar-refractivity contribution < 1.29 is 14.1 Å². The fraction of sp³-hybridized carbons (Fsp3) is 0.133. The summed E-state index contributed by atoms with van der Waals surface area (Å²) in [5.74, 6) is -0.617. The number of benzene rings is 2. The van der Waals surface area contributed by atoms with Crippen molar-refractivity contribution in [3.8, 4) is 0 Å². The number of ketones is 1. The first-order valence-electron chi connectivity index (χ1n) is 6.22. The first-order chi connectivity index (χ1) is 10.4. The molecule has 7 heteroatoms. The van der Waals surface area contributed by atoms with Gasteiger partial charge in [0.25, 0.3) is 5.69 Å². The molecule has 2 atom stereocenters. The lowest BCUT2D eigenvalue weighted by Crippen LogP contribution is -2.19. The van der Waals surface area contributed by atoms with Crippen LogP contribution in [0.4, 0.5) is 10.1 Å². The Bertz CT molecular complexity index is 689. The van der Waals surface area contributed by atoms with Crippen molar-refractivity contribution in [3.63, 3.8) is 0 Å². The van der Waals surface area contributed by atoms with Crippen LogP contribution in [0.3, 0.4) is 0 Å². The van der Waals surface area contributed by atoms with Gasteiger partial charge in [0.05, 0.1) is 14.6 Å². The standard InChI is InChI=1S/C15H10Br2FNO3/c16-13(9-3-7-12(8-4-9)19(21)22)14(17)15(20)10-1-5-11(18)6-2-10/h1-8,13-14H/t13-,14-/m0/s1. The number of non-ortho nitro benzene ring substituents is 1. The number of rotatable bonds is 5. The Hall–Kier alpha value is -1.60. The van der Waals surface area contributed by atoms with E-state index in [0.29, 0.717) is 5.56 Å². The summed E-state index contributed by atoms with van der Waals surface area (Å²) in [5, 5.41) is 10.6. The van der Waals surface area contributed by atoms with Gasteiger partial charge in [-0.1, -0.05) is 44.0 Å². The van der Waals surface area contributed by atoms with Crippen LogP contribution in [0.1, 0.15) is 20.7 Å². The lowest BCUT2D eigenvalue weighted by atomic mass is 10.0. The van der Waals surface area contributed by atoms with Gasteiger partial charge in [0.15, 0.2) is 5.78 Å². The maximum Gasteiger partial charge on any atom is 0.269 e. The highest BCUT2D eigenvalue weighted by atomic mass is 79.9. The normalized spacial score (nSPS) is 13.4. The predicted molar refractivity (Wildman–Crippen MR) is 88.2 cm³/mol. The third-order valence-corrected chi connectivity index (χ3v) is 5.77. The van der Waals surface area contributed by atoms with E-state index in [4.69, 9.17) is 0 Å². The summed E-state index contributed by atoms with van der Waals surface area (Å²) in [5.41, 5.74) is 1.09. The minimum atomic E-state index is -0.584. The van der Waals surface area contributed by atoms with Gasteiger partial charge in [0.2, 0.25) is 0 Å². The Labute approximate surface area is 142 Å². The van der Waals surface area contributed by atoms with Crippen molar-refractivity contribution in [2.45, 2.75) is 9.65 Å². The number of hydrogen-bond donors (Lipinski definition) is 0. The van der Waals surface area contributed by atoms with Gasteiger partial charge in [0, 0.05) is 17.7 Å². The van der Waals surface area contributed by atoms with Crippen molar-refractivity contribution >= 4 is 43.3 Å². The second-order valence-electron chi connectivity index (χ2n) is 4.52. The SMILES string of the molecule is O=C(c1ccc(F)cc1)[C@@H](Br)[C@@H](Br)c1ccc([N+](=O)[O-])cc1. The number of hydrogen-bond acceptors (Lipinski definition) is 3. The zero-order valence-corrected chi connectivity index (χ0v) is 14.3. The summed E-state index contributed by atoms with van der Waals surface area (Å²) in [6.07, 6.45) is 0. The topological polar surface area (TPSA) is 60.2 Å². The van der Waals surface area contributed by atoms with Crippen LogP contribution >= 0.6 is 31.9 Å². The third-order valence-electron chi connectivity index (χ3n) is 3.06. The van der Waals surface area contributed by atoms with Crippen molar-refractivity contribution in [2.24, 2.45) is 0 Å². The van der Waals surface area contributed by atoms with E-state index in [1.54, 1.807) is 12.1 Å². The molecule has 0 aromatic heterocycles. The van der Waals surface area contributed by atoms with Gasteiger partial charge in [-0.05, 0) is 29.8 Å². The molecule has 0 aliphatic carbocycles. The molecule has 2 rings (SSSR count). The fourth-order valence-electron chi connectivity index (χ4n) is 1.86. The average Bonchev–Trinajstić information content (AvgIpc) is 2.53. The Morgan fingerprint density at radius 1 is 1.05 bits per heavy atom. The molecule has 0 fully saturated rings. The van der Waals surface area contributed by atoms with E-state index in [9.17, 15) is 19.3 Å². The van der Waals surface area contributed by atoms with Crippen molar-refractivity contribution in [2.75, 3.05) is 0 Å². The minimum absolute atomic E-state index is 0.0144. The number of alkyl halides is 2. The molecule has 114 valence electrons. The van der Waals surface area contributed by atoms with Gasteiger partial charge in [0.1, 0.15) is 5.82 Å². The molecule has 2 aromatic rings. The van der Waals surface area contributed by atoms with Crippen molar-refractivity contribution in [3.05, 3.63) is 75.6 Å².